The standard InChI is InChI=1S/C21H23FN.2C21H24N.2C20H22N/c1-12-9-13(2)15(4)18(10-12)19-8-7-17-16(5)21(22)14(3)11-20(17)23(19)6;1-6-17-7-8-18-9-10-20(22(5)21(18)13-17)19-12-14(2)11-15(3)16(19)4;1-6-17-8-7-9-20-18(17)10-11-21(22(20)5)19-13-14(2)12-15(3)16(19)4;1-5-16-8-9-17-10-11-19(21(4)20(17)13-16)18-12-14(2)6-7-15(18)3;1-5-16-7-6-8-19-17(16)11-12-20(21(19)4)18-13-14(2)9-10-15(18)3/h7-11H,1-6H3;2*7-13H,6H2,1-5H3;2*6-13H,5H2,1-4H3/q5*+1. The molecule has 10 aromatic carbocycles. The fraction of sp³-hybridized carbons (Fsp3) is 0.272. The van der Waals surface area contributed by atoms with Crippen LogP contribution in [0.1, 0.15) is 133 Å². The first-order valence-corrected chi connectivity index (χ1v) is 39.2. The predicted octanol–water partition coefficient (Wildman–Crippen LogP) is 23.7. The van der Waals surface area contributed by atoms with Crippen molar-refractivity contribution in [3.05, 3.63) is 324 Å². The summed E-state index contributed by atoms with van der Waals surface area (Å²) in [5, 5.41) is 6.28. The lowest BCUT2D eigenvalue weighted by Crippen LogP contribution is -2.32. The van der Waals surface area contributed by atoms with Gasteiger partial charge in [-0.3, -0.25) is 0 Å². The third kappa shape index (κ3) is 16.6. The zero-order chi connectivity index (χ0) is 78.6. The van der Waals surface area contributed by atoms with Crippen molar-refractivity contribution in [3.63, 3.8) is 0 Å². The fourth-order valence-electron chi connectivity index (χ4n) is 16.0. The van der Waals surface area contributed by atoms with Crippen molar-refractivity contribution >= 4 is 54.5 Å². The van der Waals surface area contributed by atoms with Crippen molar-refractivity contribution in [3.8, 4) is 56.3 Å². The number of halogens is 1. The van der Waals surface area contributed by atoms with Gasteiger partial charge in [0.2, 0.25) is 56.1 Å². The molecular weight excluding hydrogens is 1330 g/mol. The number of hydrogen-bond donors (Lipinski definition) is 0. The van der Waals surface area contributed by atoms with E-state index >= 15 is 0 Å². The molecule has 5 heterocycles. The topological polar surface area (TPSA) is 19.4 Å². The monoisotopic (exact) mass is 1440 g/mol. The molecule has 0 N–H and O–H groups in total. The third-order valence-corrected chi connectivity index (χ3v) is 23.1. The molecule has 0 atom stereocenters. The van der Waals surface area contributed by atoms with Gasteiger partial charge in [0.15, 0.2) is 0 Å². The molecule has 109 heavy (non-hydrogen) atoms. The van der Waals surface area contributed by atoms with E-state index in [0.717, 1.165) is 47.8 Å². The minimum Gasteiger partial charge on any atom is -0.206 e. The Hall–Kier alpha value is -10.8. The highest BCUT2D eigenvalue weighted by Crippen LogP contribution is 2.33. The van der Waals surface area contributed by atoms with E-state index in [9.17, 15) is 4.39 Å². The summed E-state index contributed by atoms with van der Waals surface area (Å²) < 4.78 is 25.6. The third-order valence-electron chi connectivity index (χ3n) is 23.1. The maximum absolute atomic E-state index is 14.2. The summed E-state index contributed by atoms with van der Waals surface area (Å²) >= 11 is 0. The fourth-order valence-corrected chi connectivity index (χ4v) is 16.0. The van der Waals surface area contributed by atoms with Crippen LogP contribution in [0.25, 0.3) is 111 Å². The van der Waals surface area contributed by atoms with Crippen LogP contribution in [0.3, 0.4) is 0 Å². The molecule has 0 aliphatic rings. The highest BCUT2D eigenvalue weighted by Gasteiger charge is 2.24. The number of fused-ring (bicyclic) bond motifs is 5. The molecule has 15 rings (SSSR count). The molecule has 0 amide bonds. The number of benzene rings is 10. The Bertz CT molecular complexity index is 5850. The number of hydrogen-bond acceptors (Lipinski definition) is 0. The van der Waals surface area contributed by atoms with E-state index in [-0.39, 0.29) is 5.82 Å². The van der Waals surface area contributed by atoms with Crippen LogP contribution in [0.2, 0.25) is 0 Å². The number of rotatable bonds is 9. The van der Waals surface area contributed by atoms with E-state index in [4.69, 9.17) is 0 Å². The summed E-state index contributed by atoms with van der Waals surface area (Å²) in [6.45, 7) is 40.8. The molecule has 5 aromatic heterocycles. The Morgan fingerprint density at radius 2 is 0.560 bits per heavy atom. The Morgan fingerprint density at radius 3 is 0.927 bits per heavy atom. The van der Waals surface area contributed by atoms with Crippen molar-refractivity contribution in [2.75, 3.05) is 0 Å². The van der Waals surface area contributed by atoms with Crippen LogP contribution >= 0.6 is 0 Å². The van der Waals surface area contributed by atoms with Crippen molar-refractivity contribution in [1.29, 1.82) is 0 Å². The molecule has 0 radical (unpaired) electrons. The van der Waals surface area contributed by atoms with Gasteiger partial charge in [0.1, 0.15) is 41.1 Å². The van der Waals surface area contributed by atoms with Gasteiger partial charge in [-0.25, -0.2) is 4.39 Å². The molecule has 15 aromatic rings. The first-order valence-electron chi connectivity index (χ1n) is 39.2. The van der Waals surface area contributed by atoms with Crippen molar-refractivity contribution in [2.45, 2.75) is 157 Å². The van der Waals surface area contributed by atoms with Crippen LogP contribution in [0.15, 0.2) is 212 Å². The van der Waals surface area contributed by atoms with Gasteiger partial charge in [-0.1, -0.05) is 134 Å². The number of aromatic nitrogens is 5. The van der Waals surface area contributed by atoms with E-state index in [1.54, 1.807) is 0 Å². The molecular formula is C103H115FN5+5. The molecule has 6 heteroatoms. The van der Waals surface area contributed by atoms with Crippen molar-refractivity contribution in [2.24, 2.45) is 35.2 Å². The lowest BCUT2D eigenvalue weighted by molar-refractivity contribution is -0.633. The predicted molar refractivity (Wildman–Crippen MR) is 461 cm³/mol. The lowest BCUT2D eigenvalue weighted by Gasteiger charge is -2.12. The molecule has 0 unspecified atom stereocenters. The lowest BCUT2D eigenvalue weighted by atomic mass is 9.96. The molecule has 0 fully saturated rings. The first kappa shape index (κ1) is 79.2. The Kier molecular flexibility index (Phi) is 24.5. The van der Waals surface area contributed by atoms with Gasteiger partial charge in [-0.15, -0.1) is 0 Å². The summed E-state index contributed by atoms with van der Waals surface area (Å²) in [6, 6.07) is 77.7. The summed E-state index contributed by atoms with van der Waals surface area (Å²) in [5.41, 5.74) is 43.3. The van der Waals surface area contributed by atoms with E-state index in [1.165, 1.54) is 189 Å². The van der Waals surface area contributed by atoms with Gasteiger partial charge in [0.25, 0.3) is 0 Å². The highest BCUT2D eigenvalue weighted by atomic mass is 19.1. The van der Waals surface area contributed by atoms with E-state index in [1.807, 2.05) is 26.0 Å². The zero-order valence-electron chi connectivity index (χ0n) is 69.6. The number of pyridine rings is 5. The minimum absolute atomic E-state index is 0.104. The average molecular weight is 1440 g/mol. The maximum atomic E-state index is 14.2. The SMILES string of the molecule is CCc1ccc2ccc(-c3cc(C)cc(C)c3C)[n+](C)c2c1.CCc1ccc2ccc(-c3cc(C)ccc3C)[n+](C)c2c1.CCc1cccc2c1ccc(-c1cc(C)cc(C)c1C)[n+]2C.CCc1cccc2c1ccc(-c1cc(C)ccc1C)[n+]2C.Cc1cc(C)c(C)c(-c2ccc3c(C)c(F)c(C)cc3[n+]2C)c1. The van der Waals surface area contributed by atoms with E-state index < -0.39 is 0 Å². The quantitative estimate of drug-likeness (QED) is 0.128. The molecule has 0 spiro atoms. The highest BCUT2D eigenvalue weighted by molar-refractivity contribution is 5.85. The van der Waals surface area contributed by atoms with Crippen LogP contribution in [0, 0.1) is 110 Å². The zero-order valence-corrected chi connectivity index (χ0v) is 69.6. The summed E-state index contributed by atoms with van der Waals surface area (Å²) in [5.74, 6) is -0.104. The van der Waals surface area contributed by atoms with Gasteiger partial charge in [-0.05, 0) is 280 Å². The summed E-state index contributed by atoms with van der Waals surface area (Å²) in [6.07, 6.45) is 4.28. The van der Waals surface area contributed by atoms with Gasteiger partial charge in [0.05, 0.1) is 5.39 Å². The number of nitrogens with zero attached hydrogens (tertiary/aromatic N) is 5. The van der Waals surface area contributed by atoms with Crippen LogP contribution in [-0.4, -0.2) is 0 Å². The largest absolute Gasteiger partial charge is 0.213 e. The van der Waals surface area contributed by atoms with Gasteiger partial charge in [0, 0.05) is 110 Å². The first-order chi connectivity index (χ1) is 52.0. The van der Waals surface area contributed by atoms with Crippen LogP contribution in [-0.2, 0) is 60.9 Å². The Morgan fingerprint density at radius 1 is 0.239 bits per heavy atom. The second-order valence-electron chi connectivity index (χ2n) is 30.8. The van der Waals surface area contributed by atoms with Gasteiger partial charge < -0.3 is 0 Å². The van der Waals surface area contributed by atoms with Crippen LogP contribution in [0.5, 0.6) is 0 Å². The Balaban J connectivity index is 0.000000135. The molecule has 0 aliphatic carbocycles. The van der Waals surface area contributed by atoms with E-state index in [2.05, 4.69) is 376 Å². The molecule has 0 saturated heterocycles. The Labute approximate surface area is 650 Å². The molecule has 554 valence electrons. The van der Waals surface area contributed by atoms with Crippen molar-refractivity contribution in [1.82, 2.24) is 0 Å². The van der Waals surface area contributed by atoms with Crippen molar-refractivity contribution < 1.29 is 27.2 Å². The van der Waals surface area contributed by atoms with Gasteiger partial charge in [-0.2, -0.15) is 22.8 Å². The van der Waals surface area contributed by atoms with Gasteiger partial charge >= 0.3 is 0 Å². The molecule has 0 bridgehead atoms. The average Bonchev–Trinajstić information content (AvgIpc) is 0.756. The second kappa shape index (κ2) is 33.8. The molecule has 5 nitrogen and oxygen atoms in total. The normalized spacial score (nSPS) is 11.1. The van der Waals surface area contributed by atoms with Crippen LogP contribution < -0.4 is 22.8 Å². The molecule has 0 saturated carbocycles. The molecule has 0 aliphatic heterocycles. The summed E-state index contributed by atoms with van der Waals surface area (Å²) in [7, 11) is 10.7. The maximum Gasteiger partial charge on any atom is 0.213 e. The minimum atomic E-state index is -0.104. The number of aryl methyl sites for hydroxylation is 21. The summed E-state index contributed by atoms with van der Waals surface area (Å²) in [4.78, 5) is 0. The van der Waals surface area contributed by atoms with E-state index in [0.29, 0.717) is 5.56 Å². The van der Waals surface area contributed by atoms with Crippen LogP contribution in [0.4, 0.5) is 4.39 Å². The second-order valence-corrected chi connectivity index (χ2v) is 30.8. The smallest absolute Gasteiger partial charge is 0.206 e.